The van der Waals surface area contributed by atoms with Crippen LogP contribution in [0.15, 0.2) is 24.3 Å². The Labute approximate surface area is 82.4 Å². The third kappa shape index (κ3) is 2.21. The van der Waals surface area contributed by atoms with Crippen LogP contribution in [0.3, 0.4) is 0 Å². The lowest BCUT2D eigenvalue weighted by Gasteiger charge is -2.09. The number of hydrogen-bond acceptors (Lipinski definition) is 2. The number of benzene rings is 1. The first-order valence-corrected chi connectivity index (χ1v) is 4.70. The molecule has 2 rings (SSSR count). The van der Waals surface area contributed by atoms with Crippen LogP contribution in [-0.4, -0.2) is 19.5 Å². The lowest BCUT2D eigenvalue weighted by molar-refractivity contribution is -0.0399. The third-order valence-corrected chi connectivity index (χ3v) is 2.40. The minimum Gasteiger partial charge on any atom is -0.350 e. The predicted octanol–water partition coefficient (Wildman–Crippen LogP) is 2.26. The molecule has 0 N–H and O–H groups in total. The van der Waals surface area contributed by atoms with Crippen molar-refractivity contribution in [1.29, 1.82) is 0 Å². The highest BCUT2D eigenvalue weighted by Crippen LogP contribution is 2.19. The van der Waals surface area contributed by atoms with Crippen LogP contribution in [0.5, 0.6) is 0 Å². The summed E-state index contributed by atoms with van der Waals surface area (Å²) in [7, 11) is 0. The van der Waals surface area contributed by atoms with Crippen molar-refractivity contribution in [2.45, 2.75) is 12.7 Å². The Morgan fingerprint density at radius 3 is 2.62 bits per heavy atom. The average Bonchev–Trinajstić information content (AvgIpc) is 2.61. The zero-order valence-corrected chi connectivity index (χ0v) is 7.96. The number of halogens is 1. The molecule has 0 unspecified atom stereocenters. The van der Waals surface area contributed by atoms with E-state index in [4.69, 9.17) is 21.1 Å². The van der Waals surface area contributed by atoms with Gasteiger partial charge in [-0.2, -0.15) is 0 Å². The topological polar surface area (TPSA) is 18.5 Å². The third-order valence-electron chi connectivity index (χ3n) is 2.04. The first kappa shape index (κ1) is 9.00. The van der Waals surface area contributed by atoms with Crippen LogP contribution in [0.4, 0.5) is 0 Å². The van der Waals surface area contributed by atoms with Gasteiger partial charge in [0.15, 0.2) is 6.29 Å². The highest BCUT2D eigenvalue weighted by atomic mass is 35.5. The van der Waals surface area contributed by atoms with Gasteiger partial charge in [-0.25, -0.2) is 0 Å². The normalized spacial score (nSPS) is 17.9. The summed E-state index contributed by atoms with van der Waals surface area (Å²) in [6.45, 7) is 1.38. The molecule has 0 saturated carbocycles. The van der Waals surface area contributed by atoms with E-state index in [0.29, 0.717) is 13.2 Å². The maximum atomic E-state index is 5.99. The molecule has 1 heterocycles. The van der Waals surface area contributed by atoms with Crippen LogP contribution in [0.25, 0.3) is 0 Å². The van der Waals surface area contributed by atoms with Crippen LogP contribution < -0.4 is 0 Å². The Bertz CT molecular complexity index is 282. The first-order chi connectivity index (χ1) is 6.36. The second-order valence-corrected chi connectivity index (χ2v) is 3.37. The van der Waals surface area contributed by atoms with Crippen LogP contribution in [0, 0.1) is 0 Å². The number of hydrogen-bond donors (Lipinski definition) is 0. The number of rotatable bonds is 2. The second-order valence-electron chi connectivity index (χ2n) is 2.97. The molecule has 1 aromatic carbocycles. The molecule has 0 spiro atoms. The summed E-state index contributed by atoms with van der Waals surface area (Å²) in [6, 6.07) is 7.76. The van der Waals surface area contributed by atoms with Crippen molar-refractivity contribution in [3.63, 3.8) is 0 Å². The van der Waals surface area contributed by atoms with E-state index in [-0.39, 0.29) is 6.29 Å². The molecule has 1 aliphatic heterocycles. The molecule has 3 heteroatoms. The molecule has 1 saturated heterocycles. The minimum absolute atomic E-state index is 0.111. The van der Waals surface area contributed by atoms with Crippen LogP contribution in [0.2, 0.25) is 5.02 Å². The summed E-state index contributed by atoms with van der Waals surface area (Å²) < 4.78 is 10.7. The number of ether oxygens (including phenoxy) is 2. The molecule has 0 amide bonds. The van der Waals surface area contributed by atoms with Crippen molar-refractivity contribution < 1.29 is 9.47 Å². The zero-order chi connectivity index (χ0) is 9.10. The van der Waals surface area contributed by atoms with Crippen LogP contribution >= 0.6 is 11.6 Å². The fraction of sp³-hybridized carbons (Fsp3) is 0.400. The summed E-state index contributed by atoms with van der Waals surface area (Å²) in [5.41, 5.74) is 1.08. The SMILES string of the molecule is Clc1ccccc1CC1OCCO1. The molecule has 1 aliphatic rings. The van der Waals surface area contributed by atoms with Gasteiger partial charge in [-0.3, -0.25) is 0 Å². The van der Waals surface area contributed by atoms with Crippen LogP contribution in [-0.2, 0) is 15.9 Å². The van der Waals surface area contributed by atoms with E-state index in [2.05, 4.69) is 0 Å². The van der Waals surface area contributed by atoms with E-state index in [0.717, 1.165) is 17.0 Å². The van der Waals surface area contributed by atoms with Gasteiger partial charge in [0.1, 0.15) is 0 Å². The fourth-order valence-electron chi connectivity index (χ4n) is 1.37. The van der Waals surface area contributed by atoms with Crippen molar-refractivity contribution in [1.82, 2.24) is 0 Å². The molecule has 1 aromatic rings. The Kier molecular flexibility index (Phi) is 2.83. The molecule has 2 nitrogen and oxygen atoms in total. The summed E-state index contributed by atoms with van der Waals surface area (Å²) in [4.78, 5) is 0. The summed E-state index contributed by atoms with van der Waals surface area (Å²) in [5, 5.41) is 0.779. The van der Waals surface area contributed by atoms with Gasteiger partial charge in [-0.15, -0.1) is 0 Å². The summed E-state index contributed by atoms with van der Waals surface area (Å²) >= 11 is 5.99. The van der Waals surface area contributed by atoms with Gasteiger partial charge in [0.05, 0.1) is 13.2 Å². The molecular weight excluding hydrogens is 188 g/mol. The van der Waals surface area contributed by atoms with Gasteiger partial charge in [0.2, 0.25) is 0 Å². The standard InChI is InChI=1S/C10H11ClO2/c11-9-4-2-1-3-8(9)7-10-12-5-6-13-10/h1-4,10H,5-7H2. The van der Waals surface area contributed by atoms with Crippen molar-refractivity contribution in [2.75, 3.05) is 13.2 Å². The molecule has 70 valence electrons. The monoisotopic (exact) mass is 198 g/mol. The van der Waals surface area contributed by atoms with E-state index in [1.807, 2.05) is 24.3 Å². The maximum Gasteiger partial charge on any atom is 0.161 e. The van der Waals surface area contributed by atoms with Gasteiger partial charge >= 0.3 is 0 Å². The Balaban J connectivity index is 2.04. The average molecular weight is 199 g/mol. The molecule has 0 aromatic heterocycles. The van der Waals surface area contributed by atoms with Gasteiger partial charge in [0, 0.05) is 11.4 Å². The zero-order valence-electron chi connectivity index (χ0n) is 7.20. The molecule has 0 atom stereocenters. The molecule has 0 bridgehead atoms. The van der Waals surface area contributed by atoms with Crippen LogP contribution in [0.1, 0.15) is 5.56 Å². The predicted molar refractivity (Wildman–Crippen MR) is 50.8 cm³/mol. The van der Waals surface area contributed by atoms with Gasteiger partial charge in [-0.1, -0.05) is 29.8 Å². The second kappa shape index (κ2) is 4.09. The smallest absolute Gasteiger partial charge is 0.161 e. The Morgan fingerprint density at radius 2 is 1.92 bits per heavy atom. The molecular formula is C10H11ClO2. The molecule has 13 heavy (non-hydrogen) atoms. The summed E-state index contributed by atoms with van der Waals surface area (Å²) in [6.07, 6.45) is 0.625. The van der Waals surface area contributed by atoms with E-state index in [1.165, 1.54) is 0 Å². The van der Waals surface area contributed by atoms with Crippen molar-refractivity contribution in [3.05, 3.63) is 34.9 Å². The van der Waals surface area contributed by atoms with Gasteiger partial charge < -0.3 is 9.47 Å². The maximum absolute atomic E-state index is 5.99. The van der Waals surface area contributed by atoms with Crippen molar-refractivity contribution in [2.24, 2.45) is 0 Å². The molecule has 0 radical (unpaired) electrons. The van der Waals surface area contributed by atoms with Gasteiger partial charge in [-0.05, 0) is 11.6 Å². The van der Waals surface area contributed by atoms with E-state index in [9.17, 15) is 0 Å². The highest BCUT2D eigenvalue weighted by Gasteiger charge is 2.17. The van der Waals surface area contributed by atoms with E-state index in [1.54, 1.807) is 0 Å². The fourth-order valence-corrected chi connectivity index (χ4v) is 1.58. The first-order valence-electron chi connectivity index (χ1n) is 4.33. The molecule has 0 aliphatic carbocycles. The largest absolute Gasteiger partial charge is 0.350 e. The van der Waals surface area contributed by atoms with Crippen molar-refractivity contribution >= 4 is 11.6 Å². The van der Waals surface area contributed by atoms with E-state index < -0.39 is 0 Å². The lowest BCUT2D eigenvalue weighted by Crippen LogP contribution is -2.11. The Hall–Kier alpha value is -0.570. The Morgan fingerprint density at radius 1 is 1.23 bits per heavy atom. The lowest BCUT2D eigenvalue weighted by atomic mass is 10.1. The summed E-state index contributed by atoms with van der Waals surface area (Å²) in [5.74, 6) is 0. The van der Waals surface area contributed by atoms with E-state index >= 15 is 0 Å². The van der Waals surface area contributed by atoms with Crippen molar-refractivity contribution in [3.8, 4) is 0 Å². The van der Waals surface area contributed by atoms with Gasteiger partial charge in [0.25, 0.3) is 0 Å². The molecule has 1 fully saturated rings. The minimum atomic E-state index is -0.111. The highest BCUT2D eigenvalue weighted by molar-refractivity contribution is 6.31. The quantitative estimate of drug-likeness (QED) is 0.726.